The van der Waals surface area contributed by atoms with E-state index in [1.165, 1.54) is 0 Å². The van der Waals surface area contributed by atoms with Gasteiger partial charge in [0.2, 0.25) is 0 Å². The molecule has 1 aliphatic rings. The monoisotopic (exact) mass is 338 g/mol. The van der Waals surface area contributed by atoms with Crippen LogP contribution in [0.15, 0.2) is 0 Å². The zero-order valence-electron chi connectivity index (χ0n) is 8.22. The third-order valence-electron chi connectivity index (χ3n) is 2.08. The number of imide groups is 1. The van der Waals surface area contributed by atoms with Gasteiger partial charge in [0, 0.05) is 51.4 Å². The van der Waals surface area contributed by atoms with Crippen LogP contribution < -0.4 is 0 Å². The SMILES string of the molecule is O=C1c2c(Cl)c(Cl)c(Cl)c(Cl)c2C(=O)N1O.[K]. The summed E-state index contributed by atoms with van der Waals surface area (Å²) in [5, 5.41) is 8.37. The Hall–Kier alpha value is 1.12. The van der Waals surface area contributed by atoms with Gasteiger partial charge >= 0.3 is 0 Å². The zero-order valence-corrected chi connectivity index (χ0v) is 14.4. The first-order chi connectivity index (χ1) is 7.37. The first-order valence-corrected chi connectivity index (χ1v) is 5.32. The van der Waals surface area contributed by atoms with Crippen LogP contribution in [0.2, 0.25) is 20.1 Å². The topological polar surface area (TPSA) is 57.6 Å². The van der Waals surface area contributed by atoms with Gasteiger partial charge in [0.05, 0.1) is 31.2 Å². The number of amides is 2. The quantitative estimate of drug-likeness (QED) is 0.260. The first-order valence-electron chi connectivity index (χ1n) is 3.81. The van der Waals surface area contributed by atoms with Crippen molar-refractivity contribution in [2.45, 2.75) is 0 Å². The van der Waals surface area contributed by atoms with Gasteiger partial charge in [0.1, 0.15) is 0 Å². The van der Waals surface area contributed by atoms with E-state index in [-0.39, 0.29) is 87.7 Å². The predicted molar refractivity (Wildman–Crippen MR) is 64.5 cm³/mol. The molecule has 1 N–H and O–H groups in total. The number of fused-ring (bicyclic) bond motifs is 1. The van der Waals surface area contributed by atoms with Crippen LogP contribution >= 0.6 is 46.4 Å². The Morgan fingerprint density at radius 2 is 1.06 bits per heavy atom. The van der Waals surface area contributed by atoms with Crippen LogP contribution in [-0.2, 0) is 0 Å². The molecule has 0 saturated heterocycles. The number of rotatable bonds is 0. The van der Waals surface area contributed by atoms with Crippen molar-refractivity contribution >= 4 is 110 Å². The molecule has 0 bridgehead atoms. The second-order valence-electron chi connectivity index (χ2n) is 2.93. The molecular formula is C8HCl4KNO3. The van der Waals surface area contributed by atoms with Crippen LogP contribution in [0.1, 0.15) is 20.7 Å². The molecule has 1 aromatic rings. The number of hydroxylamine groups is 2. The molecule has 1 heterocycles. The minimum atomic E-state index is -0.981. The normalized spacial score (nSPS) is 13.8. The second-order valence-corrected chi connectivity index (χ2v) is 4.44. The molecule has 1 aliphatic heterocycles. The van der Waals surface area contributed by atoms with Gasteiger partial charge in [-0.3, -0.25) is 14.8 Å². The van der Waals surface area contributed by atoms with Crippen molar-refractivity contribution in [3.8, 4) is 0 Å². The van der Waals surface area contributed by atoms with Crippen molar-refractivity contribution in [3.05, 3.63) is 31.2 Å². The van der Waals surface area contributed by atoms with Crippen molar-refractivity contribution < 1.29 is 14.8 Å². The minimum absolute atomic E-state index is 0. The van der Waals surface area contributed by atoms with E-state index in [9.17, 15) is 9.59 Å². The van der Waals surface area contributed by atoms with Crippen LogP contribution in [0.3, 0.4) is 0 Å². The van der Waals surface area contributed by atoms with Crippen LogP contribution in [0.25, 0.3) is 0 Å². The van der Waals surface area contributed by atoms with Crippen LogP contribution in [0.4, 0.5) is 0 Å². The fraction of sp³-hybridized carbons (Fsp3) is 0. The average Bonchev–Trinajstić information content (AvgIpc) is 2.48. The molecule has 1 radical (unpaired) electrons. The molecule has 0 saturated carbocycles. The van der Waals surface area contributed by atoms with Crippen molar-refractivity contribution in [3.63, 3.8) is 0 Å². The van der Waals surface area contributed by atoms with Crippen LogP contribution in [0, 0.1) is 0 Å². The molecule has 85 valence electrons. The Balaban J connectivity index is 0.00000144. The Kier molecular flexibility index (Phi) is 5.35. The van der Waals surface area contributed by atoms with Crippen molar-refractivity contribution in [2.24, 2.45) is 0 Å². The molecule has 2 rings (SSSR count). The number of benzene rings is 1. The molecule has 0 aromatic heterocycles. The summed E-state index contributed by atoms with van der Waals surface area (Å²) in [5.74, 6) is -1.96. The summed E-state index contributed by atoms with van der Waals surface area (Å²) in [6, 6.07) is 0. The number of hydrogen-bond acceptors (Lipinski definition) is 3. The van der Waals surface area contributed by atoms with E-state index in [0.29, 0.717) is 0 Å². The summed E-state index contributed by atoms with van der Waals surface area (Å²) in [4.78, 5) is 22.9. The van der Waals surface area contributed by atoms with E-state index in [4.69, 9.17) is 51.6 Å². The van der Waals surface area contributed by atoms with Gasteiger partial charge < -0.3 is 0 Å². The van der Waals surface area contributed by atoms with Gasteiger partial charge in [-0.25, -0.2) is 0 Å². The standard InChI is InChI=1S/C8HCl4NO3.K/c9-3-1-2(4(10)6(12)5(3)11)8(15)13(16)7(1)14;/h16H;. The Morgan fingerprint density at radius 1 is 0.765 bits per heavy atom. The second kappa shape index (κ2) is 5.62. The Labute approximate surface area is 158 Å². The molecule has 0 spiro atoms. The van der Waals surface area contributed by atoms with Crippen molar-refractivity contribution in [2.75, 3.05) is 0 Å². The van der Waals surface area contributed by atoms with Gasteiger partial charge in [-0.1, -0.05) is 46.4 Å². The maximum atomic E-state index is 11.5. The van der Waals surface area contributed by atoms with Crippen molar-refractivity contribution in [1.29, 1.82) is 0 Å². The van der Waals surface area contributed by atoms with Crippen molar-refractivity contribution in [1.82, 2.24) is 5.06 Å². The van der Waals surface area contributed by atoms with E-state index in [2.05, 4.69) is 0 Å². The fourth-order valence-electron chi connectivity index (χ4n) is 1.34. The summed E-state index contributed by atoms with van der Waals surface area (Å²) in [7, 11) is 0. The van der Waals surface area contributed by atoms with Crippen LogP contribution in [0.5, 0.6) is 0 Å². The molecule has 2 amide bonds. The fourth-order valence-corrected chi connectivity index (χ4v) is 2.35. The van der Waals surface area contributed by atoms with E-state index < -0.39 is 11.8 Å². The Bertz CT molecular complexity index is 501. The number of carbonyl (C=O) groups is 2. The molecule has 0 aliphatic carbocycles. The van der Waals surface area contributed by atoms with Gasteiger partial charge in [-0.15, -0.1) is 5.06 Å². The Morgan fingerprint density at radius 3 is 1.35 bits per heavy atom. The number of nitrogens with zero attached hydrogens (tertiary/aromatic N) is 1. The summed E-state index contributed by atoms with van der Waals surface area (Å²) in [5.41, 5.74) is -0.484. The van der Waals surface area contributed by atoms with Gasteiger partial charge in [-0.05, 0) is 0 Å². The molecule has 4 nitrogen and oxygen atoms in total. The summed E-state index contributed by atoms with van der Waals surface area (Å²) in [6.45, 7) is 0. The minimum Gasteiger partial charge on any atom is -0.278 e. The number of carbonyl (C=O) groups excluding carboxylic acids is 2. The van der Waals surface area contributed by atoms with E-state index in [1.54, 1.807) is 0 Å². The maximum Gasteiger partial charge on any atom is 0.287 e. The molecule has 0 fully saturated rings. The maximum absolute atomic E-state index is 11.5. The summed E-state index contributed by atoms with van der Waals surface area (Å²) >= 11 is 22.9. The third kappa shape index (κ3) is 2.31. The average molecular weight is 340 g/mol. The zero-order chi connectivity index (χ0) is 12.2. The van der Waals surface area contributed by atoms with Gasteiger partial charge in [-0.2, -0.15) is 0 Å². The molecule has 9 heteroatoms. The van der Waals surface area contributed by atoms with E-state index in [0.717, 1.165) is 0 Å². The van der Waals surface area contributed by atoms with Crippen LogP contribution in [-0.4, -0.2) is 73.5 Å². The first kappa shape index (κ1) is 16.2. The van der Waals surface area contributed by atoms with Gasteiger partial charge in [0.15, 0.2) is 0 Å². The van der Waals surface area contributed by atoms with Gasteiger partial charge in [0.25, 0.3) is 11.8 Å². The number of halogens is 4. The van der Waals surface area contributed by atoms with E-state index in [1.807, 2.05) is 0 Å². The number of hydrogen-bond donors (Lipinski definition) is 1. The molecule has 0 unspecified atom stereocenters. The smallest absolute Gasteiger partial charge is 0.278 e. The van der Waals surface area contributed by atoms with E-state index >= 15 is 0 Å². The molecule has 1 aromatic carbocycles. The summed E-state index contributed by atoms with van der Waals surface area (Å²) in [6.07, 6.45) is 0. The predicted octanol–water partition coefficient (Wildman–Crippen LogP) is 2.90. The third-order valence-corrected chi connectivity index (χ3v) is 3.88. The largest absolute Gasteiger partial charge is 0.287 e. The summed E-state index contributed by atoms with van der Waals surface area (Å²) < 4.78 is 0. The molecular weight excluding hydrogens is 339 g/mol. The molecule has 17 heavy (non-hydrogen) atoms. The molecule has 0 atom stereocenters.